The molecule has 9 heteroatoms. The van der Waals surface area contributed by atoms with Gasteiger partial charge in [-0.2, -0.15) is 9.40 Å². The van der Waals surface area contributed by atoms with Crippen LogP contribution in [-0.2, 0) is 33.0 Å². The number of hydrogen-bond acceptors (Lipinski definition) is 5. The van der Waals surface area contributed by atoms with E-state index in [1.165, 1.54) is 4.31 Å². The molecule has 1 fully saturated rings. The Hall–Kier alpha value is -0.930. The molecule has 1 aromatic rings. The highest BCUT2D eigenvalue weighted by Gasteiger charge is 2.32. The summed E-state index contributed by atoms with van der Waals surface area (Å²) < 4.78 is 51.2. The van der Waals surface area contributed by atoms with Crippen LogP contribution in [-0.4, -0.2) is 54.7 Å². The highest BCUT2D eigenvalue weighted by Crippen LogP contribution is 2.24. The van der Waals surface area contributed by atoms with E-state index < -0.39 is 19.9 Å². The van der Waals surface area contributed by atoms with Crippen molar-refractivity contribution in [2.75, 3.05) is 23.8 Å². The van der Waals surface area contributed by atoms with Gasteiger partial charge in [0.05, 0.1) is 41.7 Å². The topological polar surface area (TPSA) is 89.3 Å². The molecule has 0 radical (unpaired) electrons. The zero-order valence-electron chi connectivity index (χ0n) is 12.6. The molecule has 3 rings (SSSR count). The van der Waals surface area contributed by atoms with E-state index in [1.54, 1.807) is 0 Å². The quantitative estimate of drug-likeness (QED) is 0.774. The van der Waals surface area contributed by atoms with Gasteiger partial charge in [-0.3, -0.25) is 4.68 Å². The summed E-state index contributed by atoms with van der Waals surface area (Å²) in [6.07, 6.45) is 1.01. The second-order valence-corrected chi connectivity index (χ2v) is 10.5. The lowest BCUT2D eigenvalue weighted by atomic mass is 10.1. The minimum atomic E-state index is -3.34. The molecule has 0 spiro atoms. The number of sulfone groups is 1. The van der Waals surface area contributed by atoms with Crippen LogP contribution in [0.15, 0.2) is 6.07 Å². The smallest absolute Gasteiger partial charge is 0.214 e. The summed E-state index contributed by atoms with van der Waals surface area (Å²) >= 11 is 0. The predicted octanol–water partition coefficient (Wildman–Crippen LogP) is 0.162. The number of hydrogen-bond donors (Lipinski definition) is 0. The zero-order chi connectivity index (χ0) is 16.0. The van der Waals surface area contributed by atoms with Gasteiger partial charge in [-0.1, -0.05) is 0 Å². The van der Waals surface area contributed by atoms with E-state index in [4.69, 9.17) is 0 Å². The summed E-state index contributed by atoms with van der Waals surface area (Å²) in [5.41, 5.74) is 1.81. The van der Waals surface area contributed by atoms with Crippen molar-refractivity contribution in [3.8, 4) is 0 Å². The van der Waals surface area contributed by atoms with E-state index in [0.29, 0.717) is 32.5 Å². The van der Waals surface area contributed by atoms with Crippen LogP contribution >= 0.6 is 0 Å². The summed E-state index contributed by atoms with van der Waals surface area (Å²) in [6.45, 7) is 3.25. The maximum absolute atomic E-state index is 12.5. The van der Waals surface area contributed by atoms with E-state index in [1.807, 2.05) is 17.7 Å². The SMILES string of the molecule is Cc1cc2n(n1)CCN(S(=O)(=O)CCC1CCS(=O)(=O)C1)C2. The first-order chi connectivity index (χ1) is 10.3. The molecule has 0 aliphatic carbocycles. The third-order valence-electron chi connectivity index (χ3n) is 4.39. The summed E-state index contributed by atoms with van der Waals surface area (Å²) in [5, 5.41) is 4.32. The molecule has 2 aliphatic rings. The Labute approximate surface area is 131 Å². The molecule has 0 saturated carbocycles. The molecular formula is C13H21N3O4S2. The maximum Gasteiger partial charge on any atom is 0.214 e. The Morgan fingerprint density at radius 3 is 2.82 bits per heavy atom. The molecule has 1 aromatic heterocycles. The second-order valence-electron chi connectivity index (χ2n) is 6.21. The van der Waals surface area contributed by atoms with Crippen molar-refractivity contribution in [3.63, 3.8) is 0 Å². The largest absolute Gasteiger partial charge is 0.267 e. The number of sulfonamides is 1. The fourth-order valence-electron chi connectivity index (χ4n) is 3.17. The van der Waals surface area contributed by atoms with Crippen LogP contribution in [0.4, 0.5) is 0 Å². The summed E-state index contributed by atoms with van der Waals surface area (Å²) in [4.78, 5) is 0. The number of aromatic nitrogens is 2. The van der Waals surface area contributed by atoms with Crippen molar-refractivity contribution in [2.45, 2.75) is 32.9 Å². The van der Waals surface area contributed by atoms with Crippen molar-refractivity contribution in [2.24, 2.45) is 5.92 Å². The first-order valence-electron chi connectivity index (χ1n) is 7.47. The van der Waals surface area contributed by atoms with Gasteiger partial charge in [0, 0.05) is 6.54 Å². The monoisotopic (exact) mass is 347 g/mol. The van der Waals surface area contributed by atoms with E-state index >= 15 is 0 Å². The summed E-state index contributed by atoms with van der Waals surface area (Å²) in [5.74, 6) is 0.339. The number of nitrogens with zero attached hydrogens (tertiary/aromatic N) is 3. The Kier molecular flexibility index (Phi) is 4.07. The summed E-state index contributed by atoms with van der Waals surface area (Å²) in [6, 6.07) is 1.91. The van der Waals surface area contributed by atoms with E-state index in [-0.39, 0.29) is 23.2 Å². The van der Waals surface area contributed by atoms with Crippen molar-refractivity contribution < 1.29 is 16.8 Å². The van der Waals surface area contributed by atoms with Crippen molar-refractivity contribution in [3.05, 3.63) is 17.5 Å². The Bertz CT molecular complexity index is 767. The third-order valence-corrected chi connectivity index (χ3v) is 8.08. The van der Waals surface area contributed by atoms with Gasteiger partial charge in [0.2, 0.25) is 10.0 Å². The first-order valence-corrected chi connectivity index (χ1v) is 10.9. The van der Waals surface area contributed by atoms with Crippen molar-refractivity contribution in [1.29, 1.82) is 0 Å². The van der Waals surface area contributed by atoms with Gasteiger partial charge in [0.25, 0.3) is 0 Å². The van der Waals surface area contributed by atoms with Crippen LogP contribution in [0, 0.1) is 12.8 Å². The molecular weight excluding hydrogens is 326 g/mol. The fourth-order valence-corrected chi connectivity index (χ4v) is 6.66. The van der Waals surface area contributed by atoms with Crippen molar-refractivity contribution in [1.82, 2.24) is 14.1 Å². The molecule has 3 heterocycles. The van der Waals surface area contributed by atoms with Crippen LogP contribution in [0.3, 0.4) is 0 Å². The molecule has 22 heavy (non-hydrogen) atoms. The molecule has 2 aliphatic heterocycles. The van der Waals surface area contributed by atoms with Gasteiger partial charge >= 0.3 is 0 Å². The highest BCUT2D eigenvalue weighted by atomic mass is 32.2. The van der Waals surface area contributed by atoms with Gasteiger partial charge in [-0.05, 0) is 31.7 Å². The fraction of sp³-hybridized carbons (Fsp3) is 0.769. The molecule has 1 unspecified atom stereocenters. The maximum atomic E-state index is 12.5. The minimum absolute atomic E-state index is 0.0164. The average molecular weight is 347 g/mol. The lowest BCUT2D eigenvalue weighted by Crippen LogP contribution is -2.39. The summed E-state index contributed by atoms with van der Waals surface area (Å²) in [7, 11) is -6.29. The third kappa shape index (κ3) is 3.36. The standard InChI is InChI=1S/C13H21N3O4S2/c1-11-8-13-9-15(4-5-16(13)14-11)22(19,20)7-3-12-2-6-21(17,18)10-12/h8,12H,2-7,9-10H2,1H3. The molecule has 1 atom stereocenters. The normalized spacial score (nSPS) is 25.2. The first kappa shape index (κ1) is 15.9. The Balaban J connectivity index is 1.62. The molecule has 1 saturated heterocycles. The van der Waals surface area contributed by atoms with Crippen LogP contribution in [0.5, 0.6) is 0 Å². The van der Waals surface area contributed by atoms with Gasteiger partial charge in [-0.25, -0.2) is 16.8 Å². The highest BCUT2D eigenvalue weighted by molar-refractivity contribution is 7.91. The zero-order valence-corrected chi connectivity index (χ0v) is 14.2. The predicted molar refractivity (Wildman–Crippen MR) is 82.5 cm³/mol. The molecule has 0 bridgehead atoms. The number of aryl methyl sites for hydroxylation is 1. The molecule has 124 valence electrons. The average Bonchev–Trinajstić information content (AvgIpc) is 2.96. The molecule has 0 amide bonds. The number of rotatable bonds is 4. The second kappa shape index (κ2) is 5.61. The van der Waals surface area contributed by atoms with E-state index in [9.17, 15) is 16.8 Å². The van der Waals surface area contributed by atoms with Gasteiger partial charge in [0.15, 0.2) is 9.84 Å². The van der Waals surface area contributed by atoms with E-state index in [0.717, 1.165) is 11.4 Å². The van der Waals surface area contributed by atoms with Gasteiger partial charge < -0.3 is 0 Å². The minimum Gasteiger partial charge on any atom is -0.267 e. The number of fused-ring (bicyclic) bond motifs is 1. The Morgan fingerprint density at radius 2 is 2.14 bits per heavy atom. The Morgan fingerprint density at radius 1 is 1.36 bits per heavy atom. The molecule has 7 nitrogen and oxygen atoms in total. The van der Waals surface area contributed by atoms with Crippen molar-refractivity contribution >= 4 is 19.9 Å². The van der Waals surface area contributed by atoms with Crippen LogP contribution in [0.2, 0.25) is 0 Å². The molecule has 0 N–H and O–H groups in total. The molecule has 0 aromatic carbocycles. The lowest BCUT2D eigenvalue weighted by Gasteiger charge is -2.27. The van der Waals surface area contributed by atoms with E-state index in [2.05, 4.69) is 5.10 Å². The van der Waals surface area contributed by atoms with Gasteiger partial charge in [0.1, 0.15) is 0 Å². The van der Waals surface area contributed by atoms with Crippen LogP contribution in [0.1, 0.15) is 24.2 Å². The van der Waals surface area contributed by atoms with Crippen LogP contribution in [0.25, 0.3) is 0 Å². The lowest BCUT2D eigenvalue weighted by molar-refractivity contribution is 0.325. The van der Waals surface area contributed by atoms with Gasteiger partial charge in [-0.15, -0.1) is 0 Å². The van der Waals surface area contributed by atoms with Crippen LogP contribution < -0.4 is 0 Å².